The van der Waals surface area contributed by atoms with E-state index in [-0.39, 0.29) is 0 Å². The van der Waals surface area contributed by atoms with E-state index in [9.17, 15) is 0 Å². The molecular weight excluding hydrogens is 228 g/mol. The summed E-state index contributed by atoms with van der Waals surface area (Å²) in [4.78, 5) is 8.37. The highest BCUT2D eigenvalue weighted by molar-refractivity contribution is 5.87. The molecule has 2 heterocycles. The normalized spacial score (nSPS) is 24.6. The largest absolute Gasteiger partial charge is 0.383 e. The van der Waals surface area contributed by atoms with Crippen molar-refractivity contribution < 1.29 is 0 Å². The third-order valence-electron chi connectivity index (χ3n) is 3.78. The van der Waals surface area contributed by atoms with E-state index in [0.717, 1.165) is 42.4 Å². The lowest BCUT2D eigenvalue weighted by Gasteiger charge is -2.26. The first kappa shape index (κ1) is 11.4. The molecule has 0 aliphatic heterocycles. The summed E-state index contributed by atoms with van der Waals surface area (Å²) >= 11 is 0. The summed E-state index contributed by atoms with van der Waals surface area (Å²) in [6.07, 6.45) is 5.71. The summed E-state index contributed by atoms with van der Waals surface area (Å²) in [6.45, 7) is 1.95. The van der Waals surface area contributed by atoms with E-state index < -0.39 is 0 Å². The lowest BCUT2D eigenvalue weighted by molar-refractivity contribution is 0.309. The molecule has 1 aliphatic carbocycles. The van der Waals surface area contributed by atoms with Crippen molar-refractivity contribution in [2.24, 2.45) is 5.73 Å². The average Bonchev–Trinajstić information content (AvgIpc) is 2.69. The van der Waals surface area contributed by atoms with Crippen LogP contribution in [0.3, 0.4) is 0 Å². The van der Waals surface area contributed by atoms with E-state index in [2.05, 4.69) is 15.1 Å². The Labute approximate surface area is 105 Å². The Kier molecular flexibility index (Phi) is 2.66. The molecule has 1 fully saturated rings. The molecule has 0 aromatic carbocycles. The molecular formula is C12H18N6. The Bertz CT molecular complexity index is 567. The van der Waals surface area contributed by atoms with Gasteiger partial charge in [0.15, 0.2) is 5.65 Å². The van der Waals surface area contributed by atoms with E-state index in [1.807, 2.05) is 11.6 Å². The van der Waals surface area contributed by atoms with Gasteiger partial charge in [0.2, 0.25) is 0 Å². The molecule has 6 heteroatoms. The van der Waals surface area contributed by atoms with Crippen molar-refractivity contribution in [1.82, 2.24) is 19.7 Å². The van der Waals surface area contributed by atoms with Gasteiger partial charge in [-0.1, -0.05) is 0 Å². The molecule has 0 bridgehead atoms. The number of aromatic nitrogens is 4. The Hall–Kier alpha value is -1.69. The molecule has 96 valence electrons. The number of rotatable bonds is 1. The first-order valence-corrected chi connectivity index (χ1v) is 6.37. The third kappa shape index (κ3) is 1.73. The molecule has 2 aromatic heterocycles. The van der Waals surface area contributed by atoms with Crippen LogP contribution >= 0.6 is 0 Å². The van der Waals surface area contributed by atoms with Gasteiger partial charge in [-0.05, 0) is 32.6 Å². The molecule has 0 atom stereocenters. The molecule has 3 rings (SSSR count). The zero-order valence-corrected chi connectivity index (χ0v) is 10.5. The Morgan fingerprint density at radius 1 is 1.22 bits per heavy atom. The summed E-state index contributed by atoms with van der Waals surface area (Å²) in [5, 5.41) is 5.47. The molecule has 4 N–H and O–H groups in total. The van der Waals surface area contributed by atoms with Crippen molar-refractivity contribution >= 4 is 16.9 Å². The number of nitrogens with two attached hydrogens (primary N) is 2. The number of hydrogen-bond donors (Lipinski definition) is 2. The van der Waals surface area contributed by atoms with Crippen LogP contribution in [0.5, 0.6) is 0 Å². The van der Waals surface area contributed by atoms with Crippen LogP contribution in [0.15, 0.2) is 6.33 Å². The van der Waals surface area contributed by atoms with Gasteiger partial charge in [-0.3, -0.25) is 0 Å². The molecule has 1 saturated carbocycles. The number of aryl methyl sites for hydroxylation is 1. The fraction of sp³-hybridized carbons (Fsp3) is 0.583. The molecule has 0 radical (unpaired) electrons. The number of nitrogens with zero attached hydrogens (tertiary/aromatic N) is 4. The van der Waals surface area contributed by atoms with Gasteiger partial charge in [0, 0.05) is 6.04 Å². The summed E-state index contributed by atoms with van der Waals surface area (Å²) in [5.74, 6) is 0.510. The second-order valence-electron chi connectivity index (χ2n) is 5.06. The van der Waals surface area contributed by atoms with Gasteiger partial charge in [-0.15, -0.1) is 0 Å². The molecule has 1 aliphatic rings. The third-order valence-corrected chi connectivity index (χ3v) is 3.78. The van der Waals surface area contributed by atoms with E-state index in [0.29, 0.717) is 17.9 Å². The van der Waals surface area contributed by atoms with Gasteiger partial charge in [-0.2, -0.15) is 5.10 Å². The van der Waals surface area contributed by atoms with Crippen LogP contribution in [-0.2, 0) is 0 Å². The number of nitrogen functional groups attached to an aromatic ring is 1. The molecule has 6 nitrogen and oxygen atoms in total. The van der Waals surface area contributed by atoms with E-state index in [4.69, 9.17) is 11.5 Å². The standard InChI is InChI=1S/C12H18N6/c1-7-10-11(14)15-6-16-12(10)18(17-7)9-4-2-8(13)3-5-9/h6,8-9H,2-5,13H2,1H3,(H2,14,15,16). The first-order chi connectivity index (χ1) is 8.66. The van der Waals surface area contributed by atoms with Crippen LogP contribution < -0.4 is 11.5 Å². The first-order valence-electron chi connectivity index (χ1n) is 6.37. The highest BCUT2D eigenvalue weighted by atomic mass is 15.3. The monoisotopic (exact) mass is 246 g/mol. The SMILES string of the molecule is Cc1nn(C2CCC(N)CC2)c2ncnc(N)c12. The summed E-state index contributed by atoms with van der Waals surface area (Å²) in [6, 6.07) is 0.721. The second-order valence-corrected chi connectivity index (χ2v) is 5.06. The van der Waals surface area contributed by atoms with Gasteiger partial charge < -0.3 is 11.5 Å². The highest BCUT2D eigenvalue weighted by Crippen LogP contribution is 2.31. The maximum atomic E-state index is 5.94. The Balaban J connectivity index is 2.05. The minimum Gasteiger partial charge on any atom is -0.383 e. The van der Waals surface area contributed by atoms with Crippen molar-refractivity contribution in [2.45, 2.75) is 44.7 Å². The maximum absolute atomic E-state index is 5.94. The van der Waals surface area contributed by atoms with E-state index in [1.165, 1.54) is 6.33 Å². The Morgan fingerprint density at radius 3 is 2.67 bits per heavy atom. The second kappa shape index (κ2) is 4.20. The van der Waals surface area contributed by atoms with Crippen LogP contribution in [0.4, 0.5) is 5.82 Å². The number of hydrogen-bond acceptors (Lipinski definition) is 5. The average molecular weight is 246 g/mol. The number of anilines is 1. The molecule has 2 aromatic rings. The highest BCUT2D eigenvalue weighted by Gasteiger charge is 2.24. The fourth-order valence-electron chi connectivity index (χ4n) is 2.77. The molecule has 0 spiro atoms. The van der Waals surface area contributed by atoms with Crippen molar-refractivity contribution in [3.63, 3.8) is 0 Å². The van der Waals surface area contributed by atoms with Crippen LogP contribution in [0, 0.1) is 6.92 Å². The van der Waals surface area contributed by atoms with Crippen LogP contribution in [0.2, 0.25) is 0 Å². The molecule has 0 saturated heterocycles. The smallest absolute Gasteiger partial charge is 0.163 e. The van der Waals surface area contributed by atoms with Gasteiger partial charge >= 0.3 is 0 Å². The molecule has 0 amide bonds. The van der Waals surface area contributed by atoms with E-state index in [1.54, 1.807) is 0 Å². The maximum Gasteiger partial charge on any atom is 0.163 e. The van der Waals surface area contributed by atoms with Crippen molar-refractivity contribution in [2.75, 3.05) is 5.73 Å². The van der Waals surface area contributed by atoms with Crippen LogP contribution in [0.25, 0.3) is 11.0 Å². The van der Waals surface area contributed by atoms with Gasteiger partial charge in [0.1, 0.15) is 12.1 Å². The lowest BCUT2D eigenvalue weighted by Crippen LogP contribution is -2.28. The summed E-state index contributed by atoms with van der Waals surface area (Å²) in [7, 11) is 0. The summed E-state index contributed by atoms with van der Waals surface area (Å²) < 4.78 is 2.01. The minimum atomic E-state index is 0.337. The van der Waals surface area contributed by atoms with Crippen molar-refractivity contribution in [3.05, 3.63) is 12.0 Å². The minimum absolute atomic E-state index is 0.337. The van der Waals surface area contributed by atoms with Crippen molar-refractivity contribution in [3.8, 4) is 0 Å². The fourth-order valence-corrected chi connectivity index (χ4v) is 2.77. The molecule has 18 heavy (non-hydrogen) atoms. The van der Waals surface area contributed by atoms with Gasteiger partial charge in [0.05, 0.1) is 17.1 Å². The quantitative estimate of drug-likeness (QED) is 0.787. The predicted octanol–water partition coefficient (Wildman–Crippen LogP) is 1.16. The Morgan fingerprint density at radius 2 is 1.94 bits per heavy atom. The van der Waals surface area contributed by atoms with Gasteiger partial charge in [-0.25, -0.2) is 14.6 Å². The molecule has 0 unspecified atom stereocenters. The zero-order valence-electron chi connectivity index (χ0n) is 10.5. The predicted molar refractivity (Wildman–Crippen MR) is 70.0 cm³/mol. The lowest BCUT2D eigenvalue weighted by atomic mass is 9.92. The zero-order chi connectivity index (χ0) is 12.7. The summed E-state index contributed by atoms with van der Waals surface area (Å²) in [5.41, 5.74) is 13.6. The van der Waals surface area contributed by atoms with E-state index >= 15 is 0 Å². The topological polar surface area (TPSA) is 95.6 Å². The van der Waals surface area contributed by atoms with Crippen LogP contribution in [-0.4, -0.2) is 25.8 Å². The van der Waals surface area contributed by atoms with Gasteiger partial charge in [0.25, 0.3) is 0 Å². The van der Waals surface area contributed by atoms with Crippen molar-refractivity contribution in [1.29, 1.82) is 0 Å². The van der Waals surface area contributed by atoms with Crippen LogP contribution in [0.1, 0.15) is 37.4 Å². The number of fused-ring (bicyclic) bond motifs is 1.